The second kappa shape index (κ2) is 7.07. The molecule has 4 nitrogen and oxygen atoms in total. The summed E-state index contributed by atoms with van der Waals surface area (Å²) in [4.78, 5) is 7.14. The van der Waals surface area contributed by atoms with Gasteiger partial charge in [-0.25, -0.2) is 4.98 Å². The molecule has 0 spiro atoms. The molecular formula is C18H25N3O. The van der Waals surface area contributed by atoms with E-state index in [1.54, 1.807) is 6.26 Å². The molecule has 0 amide bonds. The van der Waals surface area contributed by atoms with Crippen molar-refractivity contribution in [1.29, 1.82) is 0 Å². The van der Waals surface area contributed by atoms with Crippen LogP contribution in [0.15, 0.2) is 34.9 Å². The van der Waals surface area contributed by atoms with Crippen molar-refractivity contribution < 1.29 is 4.42 Å². The molecule has 2 aromatic rings. The highest BCUT2D eigenvalue weighted by atomic mass is 16.3. The monoisotopic (exact) mass is 299 g/mol. The molecule has 0 saturated carbocycles. The largest absolute Gasteiger partial charge is 0.444 e. The summed E-state index contributed by atoms with van der Waals surface area (Å²) in [6.45, 7) is 6.38. The second-order valence-electron chi connectivity index (χ2n) is 6.31. The van der Waals surface area contributed by atoms with Crippen LogP contribution in [0.5, 0.6) is 0 Å². The van der Waals surface area contributed by atoms with Crippen LogP contribution < -0.4 is 5.32 Å². The van der Waals surface area contributed by atoms with Crippen LogP contribution in [0.3, 0.4) is 0 Å². The van der Waals surface area contributed by atoms with Crippen molar-refractivity contribution in [3.8, 4) is 11.5 Å². The first-order valence-electron chi connectivity index (χ1n) is 8.13. The number of hydrogen-bond donors (Lipinski definition) is 1. The highest BCUT2D eigenvalue weighted by molar-refractivity contribution is 5.53. The first-order chi connectivity index (χ1) is 10.7. The van der Waals surface area contributed by atoms with Crippen LogP contribution in [0, 0.1) is 12.8 Å². The third kappa shape index (κ3) is 3.76. The van der Waals surface area contributed by atoms with Gasteiger partial charge in [0.1, 0.15) is 6.26 Å². The Morgan fingerprint density at radius 3 is 2.91 bits per heavy atom. The van der Waals surface area contributed by atoms with Crippen molar-refractivity contribution in [1.82, 2.24) is 15.2 Å². The molecule has 1 unspecified atom stereocenters. The summed E-state index contributed by atoms with van der Waals surface area (Å²) < 4.78 is 5.66. The summed E-state index contributed by atoms with van der Waals surface area (Å²) in [6.07, 6.45) is 4.40. The van der Waals surface area contributed by atoms with Crippen LogP contribution in [-0.4, -0.2) is 36.6 Å². The van der Waals surface area contributed by atoms with Gasteiger partial charge in [-0.3, -0.25) is 4.90 Å². The van der Waals surface area contributed by atoms with Gasteiger partial charge in [0.05, 0.1) is 5.69 Å². The minimum absolute atomic E-state index is 0.721. The molecule has 4 heteroatoms. The van der Waals surface area contributed by atoms with Crippen molar-refractivity contribution in [3.05, 3.63) is 41.8 Å². The third-order valence-corrected chi connectivity index (χ3v) is 4.33. The van der Waals surface area contributed by atoms with Crippen molar-refractivity contribution in [3.63, 3.8) is 0 Å². The Hall–Kier alpha value is -1.65. The molecule has 118 valence electrons. The summed E-state index contributed by atoms with van der Waals surface area (Å²) in [6, 6.07) is 8.31. The number of aromatic nitrogens is 1. The van der Waals surface area contributed by atoms with Gasteiger partial charge in [-0.1, -0.05) is 17.7 Å². The first-order valence-corrected chi connectivity index (χ1v) is 8.13. The predicted molar refractivity (Wildman–Crippen MR) is 88.6 cm³/mol. The average Bonchev–Trinajstić information content (AvgIpc) is 2.97. The summed E-state index contributed by atoms with van der Waals surface area (Å²) in [5.74, 6) is 1.47. The number of likely N-dealkylation sites (tertiary alicyclic amines) is 1. The van der Waals surface area contributed by atoms with E-state index in [-0.39, 0.29) is 0 Å². The van der Waals surface area contributed by atoms with Crippen molar-refractivity contribution in [2.75, 3.05) is 26.7 Å². The zero-order chi connectivity index (χ0) is 15.4. The predicted octanol–water partition coefficient (Wildman–Crippen LogP) is 3.08. The molecule has 1 saturated heterocycles. The number of nitrogens with one attached hydrogen (secondary N) is 1. The number of aryl methyl sites for hydroxylation is 1. The molecular weight excluding hydrogens is 274 g/mol. The summed E-state index contributed by atoms with van der Waals surface area (Å²) in [7, 11) is 2.03. The molecule has 1 aromatic carbocycles. The van der Waals surface area contributed by atoms with E-state index in [2.05, 4.69) is 46.4 Å². The molecule has 1 aromatic heterocycles. The Morgan fingerprint density at radius 1 is 1.32 bits per heavy atom. The molecule has 2 heterocycles. The maximum Gasteiger partial charge on any atom is 0.226 e. The van der Waals surface area contributed by atoms with Gasteiger partial charge in [0.2, 0.25) is 5.89 Å². The minimum Gasteiger partial charge on any atom is -0.444 e. The number of piperidine rings is 1. The van der Waals surface area contributed by atoms with Gasteiger partial charge in [0.25, 0.3) is 0 Å². The first kappa shape index (κ1) is 15.3. The van der Waals surface area contributed by atoms with Gasteiger partial charge in [-0.05, 0) is 58.0 Å². The molecule has 0 aliphatic carbocycles. The average molecular weight is 299 g/mol. The lowest BCUT2D eigenvalue weighted by molar-refractivity contribution is 0.165. The fourth-order valence-corrected chi connectivity index (χ4v) is 3.19. The van der Waals surface area contributed by atoms with E-state index in [1.807, 2.05) is 7.05 Å². The van der Waals surface area contributed by atoms with Crippen molar-refractivity contribution in [2.24, 2.45) is 5.92 Å². The normalized spacial score (nSPS) is 19.5. The number of nitrogens with zero attached hydrogens (tertiary/aromatic N) is 2. The van der Waals surface area contributed by atoms with Gasteiger partial charge in [0, 0.05) is 18.7 Å². The smallest absolute Gasteiger partial charge is 0.226 e. The number of benzene rings is 1. The van der Waals surface area contributed by atoms with Crippen LogP contribution in [0.4, 0.5) is 0 Å². The highest BCUT2D eigenvalue weighted by Gasteiger charge is 2.20. The van der Waals surface area contributed by atoms with E-state index in [9.17, 15) is 0 Å². The van der Waals surface area contributed by atoms with Crippen LogP contribution in [0.2, 0.25) is 0 Å². The zero-order valence-corrected chi connectivity index (χ0v) is 13.5. The maximum atomic E-state index is 5.66. The van der Waals surface area contributed by atoms with Crippen LogP contribution in [0.25, 0.3) is 11.5 Å². The lowest BCUT2D eigenvalue weighted by atomic mass is 9.98. The molecule has 1 aliphatic heterocycles. The SMILES string of the molecule is CNCC1CCCN(Cc2coc(-c3ccc(C)cc3)n2)C1. The number of oxazole rings is 1. The molecule has 1 N–H and O–H groups in total. The van der Waals surface area contributed by atoms with E-state index >= 15 is 0 Å². The third-order valence-electron chi connectivity index (χ3n) is 4.33. The fourth-order valence-electron chi connectivity index (χ4n) is 3.19. The Labute approximate surface area is 132 Å². The van der Waals surface area contributed by atoms with Crippen LogP contribution in [0.1, 0.15) is 24.1 Å². The minimum atomic E-state index is 0.721. The van der Waals surface area contributed by atoms with E-state index in [1.165, 1.54) is 18.4 Å². The van der Waals surface area contributed by atoms with E-state index in [0.717, 1.165) is 49.2 Å². The van der Waals surface area contributed by atoms with E-state index in [4.69, 9.17) is 4.42 Å². The maximum absolute atomic E-state index is 5.66. The van der Waals surface area contributed by atoms with E-state index < -0.39 is 0 Å². The number of hydrogen-bond acceptors (Lipinski definition) is 4. The zero-order valence-electron chi connectivity index (χ0n) is 13.5. The Kier molecular flexibility index (Phi) is 4.90. The molecule has 0 radical (unpaired) electrons. The quantitative estimate of drug-likeness (QED) is 0.921. The molecule has 0 bridgehead atoms. The summed E-state index contributed by atoms with van der Waals surface area (Å²) in [5, 5.41) is 3.29. The van der Waals surface area contributed by atoms with Gasteiger partial charge in [-0.15, -0.1) is 0 Å². The van der Waals surface area contributed by atoms with Gasteiger partial charge in [-0.2, -0.15) is 0 Å². The lowest BCUT2D eigenvalue weighted by Gasteiger charge is -2.32. The Balaban J connectivity index is 1.63. The molecule has 3 rings (SSSR count). The topological polar surface area (TPSA) is 41.3 Å². The molecule has 22 heavy (non-hydrogen) atoms. The van der Waals surface area contributed by atoms with Crippen molar-refractivity contribution >= 4 is 0 Å². The van der Waals surface area contributed by atoms with Crippen LogP contribution in [-0.2, 0) is 6.54 Å². The van der Waals surface area contributed by atoms with Gasteiger partial charge < -0.3 is 9.73 Å². The molecule has 1 fully saturated rings. The van der Waals surface area contributed by atoms with Gasteiger partial charge in [0.15, 0.2) is 0 Å². The lowest BCUT2D eigenvalue weighted by Crippen LogP contribution is -2.38. The highest BCUT2D eigenvalue weighted by Crippen LogP contribution is 2.21. The fraction of sp³-hybridized carbons (Fsp3) is 0.500. The number of rotatable bonds is 5. The van der Waals surface area contributed by atoms with Crippen LogP contribution >= 0.6 is 0 Å². The van der Waals surface area contributed by atoms with Crippen molar-refractivity contribution in [2.45, 2.75) is 26.3 Å². The standard InChI is InChI=1S/C18H25N3O/c1-14-5-7-16(8-6-14)18-20-17(13-22-18)12-21-9-3-4-15(11-21)10-19-2/h5-8,13,15,19H,3-4,9-12H2,1-2H3. The Morgan fingerprint density at radius 2 is 2.14 bits per heavy atom. The summed E-state index contributed by atoms with van der Waals surface area (Å²) in [5.41, 5.74) is 3.32. The second-order valence-corrected chi connectivity index (χ2v) is 6.31. The molecule has 1 aliphatic rings. The Bertz CT molecular complexity index is 589. The van der Waals surface area contributed by atoms with E-state index in [0.29, 0.717) is 0 Å². The van der Waals surface area contributed by atoms with Gasteiger partial charge >= 0.3 is 0 Å². The summed E-state index contributed by atoms with van der Waals surface area (Å²) >= 11 is 0. The molecule has 1 atom stereocenters.